The Hall–Kier alpha value is -1.99. The minimum absolute atomic E-state index is 0.412. The van der Waals surface area contributed by atoms with E-state index in [-0.39, 0.29) is 0 Å². The summed E-state index contributed by atoms with van der Waals surface area (Å²) in [6.07, 6.45) is 6.41. The van der Waals surface area contributed by atoms with Gasteiger partial charge in [0.2, 0.25) is 0 Å². The van der Waals surface area contributed by atoms with E-state index in [1.807, 2.05) is 0 Å². The van der Waals surface area contributed by atoms with Gasteiger partial charge >= 0.3 is 0 Å². The van der Waals surface area contributed by atoms with Crippen molar-refractivity contribution in [1.82, 2.24) is 15.5 Å². The molecular formula is C18H26N4. The SMILES string of the molecule is C#CCNC(=NCC(C)N1CCc2ccccc2C1)NCC. The Balaban J connectivity index is 1.92. The molecule has 0 radical (unpaired) electrons. The highest BCUT2D eigenvalue weighted by Gasteiger charge is 2.20. The van der Waals surface area contributed by atoms with Crippen LogP contribution in [0.15, 0.2) is 29.3 Å². The topological polar surface area (TPSA) is 39.7 Å². The minimum Gasteiger partial charge on any atom is -0.357 e. The number of nitrogens with zero attached hydrogens (tertiary/aromatic N) is 2. The summed E-state index contributed by atoms with van der Waals surface area (Å²) in [4.78, 5) is 7.14. The number of rotatable bonds is 5. The zero-order valence-corrected chi connectivity index (χ0v) is 13.6. The number of guanidine groups is 1. The fourth-order valence-corrected chi connectivity index (χ4v) is 2.71. The number of aliphatic imine (C=N–C) groups is 1. The predicted octanol–water partition coefficient (Wildman–Crippen LogP) is 1.62. The molecule has 0 amide bonds. The Morgan fingerprint density at radius 1 is 1.36 bits per heavy atom. The van der Waals surface area contributed by atoms with E-state index in [1.54, 1.807) is 0 Å². The van der Waals surface area contributed by atoms with E-state index < -0.39 is 0 Å². The van der Waals surface area contributed by atoms with Gasteiger partial charge in [0, 0.05) is 25.7 Å². The van der Waals surface area contributed by atoms with Crippen molar-refractivity contribution in [3.8, 4) is 12.3 Å². The molecule has 0 fully saturated rings. The molecule has 1 unspecified atom stereocenters. The van der Waals surface area contributed by atoms with Gasteiger partial charge in [0.25, 0.3) is 0 Å². The predicted molar refractivity (Wildman–Crippen MR) is 92.8 cm³/mol. The summed E-state index contributed by atoms with van der Waals surface area (Å²) in [5.74, 6) is 3.37. The van der Waals surface area contributed by atoms with Crippen LogP contribution >= 0.6 is 0 Å². The molecule has 1 heterocycles. The van der Waals surface area contributed by atoms with Gasteiger partial charge in [-0.3, -0.25) is 9.89 Å². The molecule has 1 aromatic carbocycles. The Bertz CT molecular complexity index is 544. The summed E-state index contributed by atoms with van der Waals surface area (Å²) in [7, 11) is 0. The summed E-state index contributed by atoms with van der Waals surface area (Å²) in [6, 6.07) is 9.13. The van der Waals surface area contributed by atoms with E-state index in [0.717, 1.165) is 38.6 Å². The first-order chi connectivity index (χ1) is 10.7. The number of hydrogen-bond donors (Lipinski definition) is 2. The van der Waals surface area contributed by atoms with E-state index in [1.165, 1.54) is 11.1 Å². The molecule has 0 bridgehead atoms. The minimum atomic E-state index is 0.412. The molecule has 1 aromatic rings. The van der Waals surface area contributed by atoms with E-state index in [0.29, 0.717) is 12.6 Å². The maximum absolute atomic E-state index is 5.29. The quantitative estimate of drug-likeness (QED) is 0.493. The largest absolute Gasteiger partial charge is 0.357 e. The van der Waals surface area contributed by atoms with E-state index in [4.69, 9.17) is 6.42 Å². The van der Waals surface area contributed by atoms with Crippen LogP contribution in [0.2, 0.25) is 0 Å². The lowest BCUT2D eigenvalue weighted by Crippen LogP contribution is -2.41. The second-order valence-electron chi connectivity index (χ2n) is 5.62. The molecule has 0 aromatic heterocycles. The maximum Gasteiger partial charge on any atom is 0.192 e. The number of hydrogen-bond acceptors (Lipinski definition) is 2. The van der Waals surface area contributed by atoms with Crippen molar-refractivity contribution in [3.05, 3.63) is 35.4 Å². The summed E-state index contributed by atoms with van der Waals surface area (Å²) >= 11 is 0. The molecule has 1 aliphatic rings. The standard InChI is InChI=1S/C18H26N4/c1-4-11-20-18(19-5-2)21-13-15(3)22-12-10-16-8-6-7-9-17(16)14-22/h1,6-9,15H,5,10-14H2,2-3H3,(H2,19,20,21). The van der Waals surface area contributed by atoms with E-state index >= 15 is 0 Å². The molecule has 118 valence electrons. The van der Waals surface area contributed by atoms with Gasteiger partial charge in [0.05, 0.1) is 13.1 Å². The number of terminal acetylenes is 1. The van der Waals surface area contributed by atoms with Crippen molar-refractivity contribution >= 4 is 5.96 Å². The zero-order valence-electron chi connectivity index (χ0n) is 13.6. The first kappa shape index (κ1) is 16.4. The Kier molecular flexibility index (Phi) is 6.29. The average Bonchev–Trinajstić information content (AvgIpc) is 2.56. The van der Waals surface area contributed by atoms with Crippen molar-refractivity contribution in [2.75, 3.05) is 26.2 Å². The Labute approximate surface area is 134 Å². The molecule has 0 aliphatic carbocycles. The molecule has 4 heteroatoms. The highest BCUT2D eigenvalue weighted by atomic mass is 15.2. The lowest BCUT2D eigenvalue weighted by Gasteiger charge is -2.33. The Morgan fingerprint density at radius 3 is 2.86 bits per heavy atom. The lowest BCUT2D eigenvalue weighted by atomic mass is 9.99. The molecule has 4 nitrogen and oxygen atoms in total. The van der Waals surface area contributed by atoms with Gasteiger partial charge in [0.1, 0.15) is 0 Å². The zero-order chi connectivity index (χ0) is 15.8. The fraction of sp³-hybridized carbons (Fsp3) is 0.500. The van der Waals surface area contributed by atoms with Crippen LogP contribution in [-0.2, 0) is 13.0 Å². The molecule has 2 rings (SSSR count). The highest BCUT2D eigenvalue weighted by Crippen LogP contribution is 2.20. The van der Waals surface area contributed by atoms with Crippen LogP contribution in [0.5, 0.6) is 0 Å². The van der Waals surface area contributed by atoms with Crippen LogP contribution in [0.3, 0.4) is 0 Å². The van der Waals surface area contributed by atoms with Crippen molar-refractivity contribution < 1.29 is 0 Å². The summed E-state index contributed by atoms with van der Waals surface area (Å²) in [6.45, 7) is 8.50. The molecule has 0 spiro atoms. The first-order valence-corrected chi connectivity index (χ1v) is 8.01. The van der Waals surface area contributed by atoms with Crippen LogP contribution in [0.1, 0.15) is 25.0 Å². The summed E-state index contributed by atoms with van der Waals surface area (Å²) in [5, 5.41) is 6.34. The van der Waals surface area contributed by atoms with Gasteiger partial charge in [-0.25, -0.2) is 0 Å². The molecule has 22 heavy (non-hydrogen) atoms. The van der Waals surface area contributed by atoms with Crippen molar-refractivity contribution in [1.29, 1.82) is 0 Å². The second-order valence-corrected chi connectivity index (χ2v) is 5.62. The van der Waals surface area contributed by atoms with Gasteiger partial charge in [-0.05, 0) is 31.4 Å². The second kappa shape index (κ2) is 8.45. The van der Waals surface area contributed by atoms with E-state index in [2.05, 4.69) is 64.6 Å². The summed E-state index contributed by atoms with van der Waals surface area (Å²) in [5.41, 5.74) is 2.93. The van der Waals surface area contributed by atoms with Gasteiger partial charge in [-0.2, -0.15) is 0 Å². The van der Waals surface area contributed by atoms with Gasteiger partial charge in [-0.15, -0.1) is 6.42 Å². The number of nitrogens with one attached hydrogen (secondary N) is 2. The van der Waals surface area contributed by atoms with Crippen LogP contribution in [0, 0.1) is 12.3 Å². The molecule has 2 N–H and O–H groups in total. The number of fused-ring (bicyclic) bond motifs is 1. The van der Waals surface area contributed by atoms with Crippen molar-refractivity contribution in [2.45, 2.75) is 32.9 Å². The van der Waals surface area contributed by atoms with Crippen LogP contribution < -0.4 is 10.6 Å². The molecule has 0 saturated carbocycles. The molecule has 0 saturated heterocycles. The normalized spacial score (nSPS) is 16.5. The van der Waals surface area contributed by atoms with Gasteiger partial charge in [0.15, 0.2) is 5.96 Å². The smallest absolute Gasteiger partial charge is 0.192 e. The monoisotopic (exact) mass is 298 g/mol. The van der Waals surface area contributed by atoms with Crippen molar-refractivity contribution in [2.24, 2.45) is 4.99 Å². The van der Waals surface area contributed by atoms with Gasteiger partial charge in [-0.1, -0.05) is 30.2 Å². The third-order valence-electron chi connectivity index (χ3n) is 4.00. The van der Waals surface area contributed by atoms with E-state index in [9.17, 15) is 0 Å². The lowest BCUT2D eigenvalue weighted by molar-refractivity contribution is 0.195. The van der Waals surface area contributed by atoms with Crippen LogP contribution in [-0.4, -0.2) is 43.1 Å². The fourth-order valence-electron chi connectivity index (χ4n) is 2.71. The molecule has 1 atom stereocenters. The van der Waals surface area contributed by atoms with Crippen LogP contribution in [0.25, 0.3) is 0 Å². The maximum atomic E-state index is 5.29. The summed E-state index contributed by atoms with van der Waals surface area (Å²) < 4.78 is 0. The molecular weight excluding hydrogens is 272 g/mol. The third-order valence-corrected chi connectivity index (χ3v) is 4.00. The molecule has 1 aliphatic heterocycles. The van der Waals surface area contributed by atoms with Crippen LogP contribution in [0.4, 0.5) is 0 Å². The first-order valence-electron chi connectivity index (χ1n) is 8.01. The van der Waals surface area contributed by atoms with Crippen molar-refractivity contribution in [3.63, 3.8) is 0 Å². The van der Waals surface area contributed by atoms with Gasteiger partial charge < -0.3 is 10.6 Å². The Morgan fingerprint density at radius 2 is 2.14 bits per heavy atom. The average molecular weight is 298 g/mol. The number of benzene rings is 1. The third kappa shape index (κ3) is 4.51. The highest BCUT2D eigenvalue weighted by molar-refractivity contribution is 5.79.